The molecular weight excluding hydrogens is 174 g/mol. The maximum Gasteiger partial charge on any atom is 0.338 e. The van der Waals surface area contributed by atoms with Gasteiger partial charge in [0.15, 0.2) is 0 Å². The van der Waals surface area contributed by atoms with Gasteiger partial charge in [-0.3, -0.25) is 0 Å². The van der Waals surface area contributed by atoms with Crippen molar-refractivity contribution in [3.05, 3.63) is 15.8 Å². The lowest BCUT2D eigenvalue weighted by atomic mass is 10.2. The summed E-state index contributed by atoms with van der Waals surface area (Å²) in [6.45, 7) is 2.01. The van der Waals surface area contributed by atoms with Gasteiger partial charge in [0.05, 0.1) is 11.3 Å². The third-order valence-corrected chi connectivity index (χ3v) is 2.80. The van der Waals surface area contributed by atoms with Gasteiger partial charge in [-0.15, -0.1) is 11.3 Å². The Morgan fingerprint density at radius 3 is 2.83 bits per heavy atom. The quantitative estimate of drug-likeness (QED) is 0.757. The summed E-state index contributed by atoms with van der Waals surface area (Å²) in [7, 11) is 1.74. The number of aryl methyl sites for hydroxylation is 1. The minimum absolute atomic E-state index is 0.374. The Labute approximate surface area is 75.0 Å². The molecule has 0 fully saturated rings. The van der Waals surface area contributed by atoms with Crippen LogP contribution in [0.1, 0.15) is 22.2 Å². The van der Waals surface area contributed by atoms with Gasteiger partial charge in [0, 0.05) is 17.3 Å². The van der Waals surface area contributed by atoms with E-state index in [1.54, 1.807) is 12.4 Å². The first-order valence-corrected chi connectivity index (χ1v) is 4.60. The number of carboxylic acid groups (broad SMARTS) is 1. The number of aromatic carboxylic acids is 1. The van der Waals surface area contributed by atoms with Crippen LogP contribution < -0.4 is 5.32 Å². The number of hydrogen-bond donors (Lipinski definition) is 2. The Hall–Kier alpha value is -1.03. The molecule has 12 heavy (non-hydrogen) atoms. The predicted molar refractivity (Wildman–Crippen MR) is 50.2 cm³/mol. The molecule has 1 aromatic heterocycles. The zero-order valence-electron chi connectivity index (χ0n) is 7.05. The van der Waals surface area contributed by atoms with Crippen molar-refractivity contribution in [2.24, 2.45) is 0 Å². The molecule has 3 nitrogen and oxygen atoms in total. The van der Waals surface area contributed by atoms with E-state index in [0.29, 0.717) is 5.56 Å². The molecule has 0 aliphatic carbocycles. The van der Waals surface area contributed by atoms with E-state index >= 15 is 0 Å². The van der Waals surface area contributed by atoms with Gasteiger partial charge in [0.25, 0.3) is 0 Å². The van der Waals surface area contributed by atoms with Crippen LogP contribution in [0.25, 0.3) is 0 Å². The molecule has 1 aromatic rings. The van der Waals surface area contributed by atoms with Crippen molar-refractivity contribution in [2.75, 3.05) is 12.4 Å². The summed E-state index contributed by atoms with van der Waals surface area (Å²) in [6.07, 6.45) is 0.869. The first-order chi connectivity index (χ1) is 5.70. The maximum absolute atomic E-state index is 10.7. The SMILES string of the molecule is CCc1scc(C(=O)O)c1NC. The summed E-state index contributed by atoms with van der Waals surface area (Å²) in [5, 5.41) is 13.4. The highest BCUT2D eigenvalue weighted by molar-refractivity contribution is 7.10. The molecule has 0 saturated carbocycles. The standard InChI is InChI=1S/C8H11NO2S/c1-3-6-7(9-2)5(4-12-6)8(10)11/h4,9H,3H2,1-2H3,(H,10,11). The summed E-state index contributed by atoms with van der Waals surface area (Å²) in [5.74, 6) is -0.865. The lowest BCUT2D eigenvalue weighted by molar-refractivity contribution is 0.0698. The summed E-state index contributed by atoms with van der Waals surface area (Å²) in [6, 6.07) is 0. The Morgan fingerprint density at radius 1 is 1.75 bits per heavy atom. The molecule has 0 spiro atoms. The lowest BCUT2D eigenvalue weighted by Crippen LogP contribution is -2.00. The molecule has 4 heteroatoms. The van der Waals surface area contributed by atoms with Gasteiger partial charge in [-0.25, -0.2) is 4.79 Å². The molecule has 0 bridgehead atoms. The second kappa shape index (κ2) is 3.58. The first-order valence-electron chi connectivity index (χ1n) is 3.72. The Balaban J connectivity index is 3.13. The normalized spacial score (nSPS) is 9.83. The molecule has 0 atom stereocenters. The van der Waals surface area contributed by atoms with Gasteiger partial charge in [-0.05, 0) is 6.42 Å². The van der Waals surface area contributed by atoms with Gasteiger partial charge in [0.1, 0.15) is 0 Å². The van der Waals surface area contributed by atoms with Crippen LogP contribution in [-0.2, 0) is 6.42 Å². The minimum Gasteiger partial charge on any atom is -0.478 e. The summed E-state index contributed by atoms with van der Waals surface area (Å²) >= 11 is 1.49. The minimum atomic E-state index is -0.865. The number of carboxylic acids is 1. The lowest BCUT2D eigenvalue weighted by Gasteiger charge is -2.01. The molecule has 0 amide bonds. The molecule has 2 N–H and O–H groups in total. The van der Waals surface area contributed by atoms with E-state index in [0.717, 1.165) is 17.0 Å². The van der Waals surface area contributed by atoms with Crippen molar-refractivity contribution >= 4 is 23.0 Å². The molecule has 0 aliphatic heterocycles. The van der Waals surface area contributed by atoms with E-state index in [1.165, 1.54) is 11.3 Å². The topological polar surface area (TPSA) is 49.3 Å². The highest BCUT2D eigenvalue weighted by Crippen LogP contribution is 2.28. The van der Waals surface area contributed by atoms with Crippen molar-refractivity contribution in [2.45, 2.75) is 13.3 Å². The first kappa shape index (κ1) is 9.06. The van der Waals surface area contributed by atoms with E-state index in [4.69, 9.17) is 5.11 Å². The van der Waals surface area contributed by atoms with Crippen LogP contribution in [0.15, 0.2) is 5.38 Å². The average molecular weight is 185 g/mol. The molecule has 0 radical (unpaired) electrons. The fraction of sp³-hybridized carbons (Fsp3) is 0.375. The number of nitrogens with one attached hydrogen (secondary N) is 1. The van der Waals surface area contributed by atoms with Gasteiger partial charge < -0.3 is 10.4 Å². The number of thiophene rings is 1. The van der Waals surface area contributed by atoms with Gasteiger partial charge in [-0.2, -0.15) is 0 Å². The molecule has 1 rings (SSSR count). The monoisotopic (exact) mass is 185 g/mol. The zero-order chi connectivity index (χ0) is 9.14. The van der Waals surface area contributed by atoms with Gasteiger partial charge in [-0.1, -0.05) is 6.92 Å². The van der Waals surface area contributed by atoms with Crippen LogP contribution in [-0.4, -0.2) is 18.1 Å². The van der Waals surface area contributed by atoms with Crippen LogP contribution in [0.4, 0.5) is 5.69 Å². The van der Waals surface area contributed by atoms with Crippen molar-refractivity contribution in [3.63, 3.8) is 0 Å². The molecule has 0 saturated heterocycles. The van der Waals surface area contributed by atoms with E-state index in [2.05, 4.69) is 5.32 Å². The summed E-state index contributed by atoms with van der Waals surface area (Å²) in [4.78, 5) is 11.8. The van der Waals surface area contributed by atoms with Crippen molar-refractivity contribution in [3.8, 4) is 0 Å². The van der Waals surface area contributed by atoms with Crippen molar-refractivity contribution in [1.29, 1.82) is 0 Å². The maximum atomic E-state index is 10.7. The molecule has 0 aliphatic rings. The van der Waals surface area contributed by atoms with Crippen molar-refractivity contribution in [1.82, 2.24) is 0 Å². The van der Waals surface area contributed by atoms with Gasteiger partial charge in [0.2, 0.25) is 0 Å². The Bertz CT molecular complexity index is 293. The zero-order valence-corrected chi connectivity index (χ0v) is 7.86. The third kappa shape index (κ3) is 1.43. The molecule has 0 unspecified atom stereocenters. The second-order valence-electron chi connectivity index (χ2n) is 2.36. The fourth-order valence-electron chi connectivity index (χ4n) is 1.09. The molecule has 1 heterocycles. The van der Waals surface area contributed by atoms with Crippen LogP contribution in [0.2, 0.25) is 0 Å². The number of rotatable bonds is 3. The molecule has 0 aromatic carbocycles. The number of anilines is 1. The average Bonchev–Trinajstić information content (AvgIpc) is 2.46. The summed E-state index contributed by atoms with van der Waals surface area (Å²) < 4.78 is 0. The third-order valence-electron chi connectivity index (χ3n) is 1.67. The smallest absolute Gasteiger partial charge is 0.338 e. The van der Waals surface area contributed by atoms with Gasteiger partial charge >= 0.3 is 5.97 Å². The predicted octanol–water partition coefficient (Wildman–Crippen LogP) is 2.05. The van der Waals surface area contributed by atoms with E-state index in [1.807, 2.05) is 6.92 Å². The highest BCUT2D eigenvalue weighted by Gasteiger charge is 2.13. The fourth-order valence-corrected chi connectivity index (χ4v) is 2.06. The number of carbonyl (C=O) groups is 1. The van der Waals surface area contributed by atoms with Crippen LogP contribution in [0.5, 0.6) is 0 Å². The molecular formula is C8H11NO2S. The Morgan fingerprint density at radius 2 is 2.42 bits per heavy atom. The highest BCUT2D eigenvalue weighted by atomic mass is 32.1. The number of hydrogen-bond acceptors (Lipinski definition) is 3. The Kier molecular flexibility index (Phi) is 2.70. The molecule has 66 valence electrons. The second-order valence-corrected chi connectivity index (χ2v) is 3.32. The van der Waals surface area contributed by atoms with E-state index in [9.17, 15) is 4.79 Å². The summed E-state index contributed by atoms with van der Waals surface area (Å²) in [5.41, 5.74) is 1.13. The van der Waals surface area contributed by atoms with E-state index < -0.39 is 5.97 Å². The van der Waals surface area contributed by atoms with E-state index in [-0.39, 0.29) is 0 Å². The van der Waals surface area contributed by atoms with Crippen LogP contribution >= 0.6 is 11.3 Å². The largest absolute Gasteiger partial charge is 0.478 e. The van der Waals surface area contributed by atoms with Crippen LogP contribution in [0.3, 0.4) is 0 Å². The van der Waals surface area contributed by atoms with Crippen LogP contribution in [0, 0.1) is 0 Å². The van der Waals surface area contributed by atoms with Crippen molar-refractivity contribution < 1.29 is 9.90 Å².